The number of rotatable bonds is 3. The monoisotopic (exact) mass is 148 g/mol. The molecule has 0 aliphatic heterocycles. The fourth-order valence-electron chi connectivity index (χ4n) is 1.32. The smallest absolute Gasteiger partial charge is 0.0162 e. The Kier molecular flexibility index (Phi) is 3.15. The fourth-order valence-corrected chi connectivity index (χ4v) is 1.32. The van der Waals surface area contributed by atoms with Gasteiger partial charge in [-0.3, -0.25) is 0 Å². The van der Waals surface area contributed by atoms with Crippen molar-refractivity contribution in [2.24, 2.45) is 5.92 Å². The topological polar surface area (TPSA) is 0 Å². The van der Waals surface area contributed by atoms with Gasteiger partial charge in [-0.1, -0.05) is 37.3 Å². The highest BCUT2D eigenvalue weighted by Crippen LogP contribution is 2.33. The molecule has 0 bridgehead atoms. The molecule has 0 heterocycles. The van der Waals surface area contributed by atoms with E-state index in [0.29, 0.717) is 0 Å². The summed E-state index contributed by atoms with van der Waals surface area (Å²) in [5.74, 6) is 0.809. The van der Waals surface area contributed by atoms with Crippen molar-refractivity contribution in [3.05, 3.63) is 36.5 Å². The third kappa shape index (κ3) is 2.07. The summed E-state index contributed by atoms with van der Waals surface area (Å²) in [4.78, 5) is 0. The summed E-state index contributed by atoms with van der Waals surface area (Å²) in [6.45, 7) is 5.85. The van der Waals surface area contributed by atoms with E-state index in [1.165, 1.54) is 24.8 Å². The minimum Gasteiger partial charge on any atom is -0.0988 e. The van der Waals surface area contributed by atoms with Gasteiger partial charge >= 0.3 is 0 Å². The van der Waals surface area contributed by atoms with E-state index in [-0.39, 0.29) is 0 Å². The second kappa shape index (κ2) is 4.17. The fraction of sp³-hybridized carbons (Fsp3) is 0.455. The van der Waals surface area contributed by atoms with Crippen molar-refractivity contribution in [2.75, 3.05) is 0 Å². The molecular weight excluding hydrogens is 132 g/mol. The van der Waals surface area contributed by atoms with Gasteiger partial charge in [0.2, 0.25) is 0 Å². The Bertz CT molecular complexity index is 180. The second-order valence-electron chi connectivity index (χ2n) is 3.02. The van der Waals surface area contributed by atoms with Gasteiger partial charge in [0.15, 0.2) is 0 Å². The molecule has 0 aromatic rings. The Hall–Kier alpha value is -0.780. The summed E-state index contributed by atoms with van der Waals surface area (Å²) in [7, 11) is 0. The average Bonchev–Trinajstić information content (AvgIpc) is 1.93. The summed E-state index contributed by atoms with van der Waals surface area (Å²) in [5.41, 5.74) is 1.41. The second-order valence-corrected chi connectivity index (χ2v) is 3.02. The van der Waals surface area contributed by atoms with Crippen LogP contribution in [0.2, 0.25) is 0 Å². The molecule has 11 heavy (non-hydrogen) atoms. The third-order valence-electron chi connectivity index (χ3n) is 2.29. The van der Waals surface area contributed by atoms with E-state index >= 15 is 0 Å². The highest BCUT2D eigenvalue weighted by atomic mass is 14.2. The predicted octanol–water partition coefficient (Wildman–Crippen LogP) is 3.48. The maximum absolute atomic E-state index is 3.81. The molecule has 1 aliphatic rings. The van der Waals surface area contributed by atoms with E-state index in [2.05, 4.69) is 24.8 Å². The van der Waals surface area contributed by atoms with Crippen LogP contribution in [0, 0.1) is 5.92 Å². The highest BCUT2D eigenvalue weighted by Gasteiger charge is 2.18. The first kappa shape index (κ1) is 8.32. The lowest BCUT2D eigenvalue weighted by atomic mass is 9.79. The van der Waals surface area contributed by atoms with Gasteiger partial charge in [0.25, 0.3) is 0 Å². The van der Waals surface area contributed by atoms with Gasteiger partial charge in [-0.25, -0.2) is 0 Å². The van der Waals surface area contributed by atoms with Crippen LogP contribution >= 0.6 is 0 Å². The molecule has 0 atom stereocenters. The van der Waals surface area contributed by atoms with Crippen LogP contribution in [0.3, 0.4) is 0 Å². The lowest BCUT2D eigenvalue weighted by Crippen LogP contribution is -2.12. The Balaban J connectivity index is 2.53. The molecule has 0 amide bonds. The molecule has 0 spiro atoms. The summed E-state index contributed by atoms with van der Waals surface area (Å²) >= 11 is 0. The molecule has 1 fully saturated rings. The molecule has 0 aromatic heterocycles. The van der Waals surface area contributed by atoms with E-state index in [0.717, 1.165) is 5.92 Å². The lowest BCUT2D eigenvalue weighted by molar-refractivity contribution is 0.374. The van der Waals surface area contributed by atoms with E-state index in [4.69, 9.17) is 0 Å². The molecular formula is C11H16. The summed E-state index contributed by atoms with van der Waals surface area (Å²) in [5, 5.41) is 0. The first-order chi connectivity index (χ1) is 5.38. The van der Waals surface area contributed by atoms with Crippen molar-refractivity contribution < 1.29 is 0 Å². The van der Waals surface area contributed by atoms with Crippen LogP contribution < -0.4 is 0 Å². The van der Waals surface area contributed by atoms with Gasteiger partial charge in [0.05, 0.1) is 0 Å². The quantitative estimate of drug-likeness (QED) is 0.537. The Morgan fingerprint density at radius 3 is 2.55 bits per heavy atom. The molecule has 60 valence electrons. The van der Waals surface area contributed by atoms with Crippen molar-refractivity contribution in [1.82, 2.24) is 0 Å². The van der Waals surface area contributed by atoms with Crippen LogP contribution in [-0.2, 0) is 0 Å². The van der Waals surface area contributed by atoms with Gasteiger partial charge in [0, 0.05) is 0 Å². The summed E-state index contributed by atoms with van der Waals surface area (Å²) in [6.07, 6.45) is 12.4. The zero-order valence-corrected chi connectivity index (χ0v) is 7.22. The molecule has 0 saturated heterocycles. The van der Waals surface area contributed by atoms with Crippen LogP contribution in [0.5, 0.6) is 0 Å². The zero-order valence-electron chi connectivity index (χ0n) is 7.22. The molecule has 0 N–H and O–H groups in total. The minimum atomic E-state index is 0.809. The first-order valence-electron chi connectivity index (χ1n) is 4.33. The van der Waals surface area contributed by atoms with Gasteiger partial charge < -0.3 is 0 Å². The van der Waals surface area contributed by atoms with Crippen molar-refractivity contribution in [1.29, 1.82) is 0 Å². The standard InChI is InChI=1S/C11H16/c1-3-5-7-10(4-2)11-8-6-9-11/h3-5,7,11H,2,6,8-9H2,1H3/b5-3-,10-7+. The van der Waals surface area contributed by atoms with Crippen molar-refractivity contribution in [3.63, 3.8) is 0 Å². The number of hydrogen-bond donors (Lipinski definition) is 0. The summed E-state index contributed by atoms with van der Waals surface area (Å²) < 4.78 is 0. The van der Waals surface area contributed by atoms with Crippen molar-refractivity contribution in [2.45, 2.75) is 26.2 Å². The Morgan fingerprint density at radius 2 is 2.18 bits per heavy atom. The molecule has 0 radical (unpaired) electrons. The summed E-state index contributed by atoms with van der Waals surface area (Å²) in [6, 6.07) is 0. The normalized spacial score (nSPS) is 20.3. The van der Waals surface area contributed by atoms with Gasteiger partial charge in [-0.05, 0) is 31.3 Å². The predicted molar refractivity (Wildman–Crippen MR) is 50.4 cm³/mol. The number of allylic oxidation sites excluding steroid dienone is 5. The average molecular weight is 148 g/mol. The third-order valence-corrected chi connectivity index (χ3v) is 2.29. The number of hydrogen-bond acceptors (Lipinski definition) is 0. The maximum atomic E-state index is 3.81. The SMILES string of the molecule is C=C/C(=C\C=C/C)C1CCC1. The molecule has 1 aliphatic carbocycles. The van der Waals surface area contributed by atoms with Crippen LogP contribution in [0.4, 0.5) is 0 Å². The largest absolute Gasteiger partial charge is 0.0988 e. The molecule has 0 heteroatoms. The van der Waals surface area contributed by atoms with Crippen molar-refractivity contribution in [3.8, 4) is 0 Å². The first-order valence-corrected chi connectivity index (χ1v) is 4.33. The maximum Gasteiger partial charge on any atom is -0.0162 e. The van der Waals surface area contributed by atoms with Crippen LogP contribution in [0.1, 0.15) is 26.2 Å². The molecule has 1 saturated carbocycles. The van der Waals surface area contributed by atoms with Gasteiger partial charge in [-0.15, -0.1) is 0 Å². The molecule has 0 nitrogen and oxygen atoms in total. The Morgan fingerprint density at radius 1 is 1.45 bits per heavy atom. The van der Waals surface area contributed by atoms with E-state index in [1.807, 2.05) is 13.0 Å². The zero-order chi connectivity index (χ0) is 8.10. The minimum absolute atomic E-state index is 0.809. The van der Waals surface area contributed by atoms with E-state index in [1.54, 1.807) is 0 Å². The lowest BCUT2D eigenvalue weighted by Gasteiger charge is -2.26. The van der Waals surface area contributed by atoms with E-state index < -0.39 is 0 Å². The van der Waals surface area contributed by atoms with E-state index in [9.17, 15) is 0 Å². The molecule has 1 rings (SSSR count). The van der Waals surface area contributed by atoms with Crippen LogP contribution in [0.25, 0.3) is 0 Å². The van der Waals surface area contributed by atoms with Crippen molar-refractivity contribution >= 4 is 0 Å². The van der Waals surface area contributed by atoms with Crippen LogP contribution in [-0.4, -0.2) is 0 Å². The molecule has 0 unspecified atom stereocenters. The highest BCUT2D eigenvalue weighted by molar-refractivity contribution is 5.25. The van der Waals surface area contributed by atoms with Gasteiger partial charge in [-0.2, -0.15) is 0 Å². The Labute approximate surface area is 69.3 Å². The molecule has 0 aromatic carbocycles. The van der Waals surface area contributed by atoms with Gasteiger partial charge in [0.1, 0.15) is 0 Å². The van der Waals surface area contributed by atoms with Crippen LogP contribution in [0.15, 0.2) is 36.5 Å².